The summed E-state index contributed by atoms with van der Waals surface area (Å²) in [6.07, 6.45) is 1.60. The summed E-state index contributed by atoms with van der Waals surface area (Å²) in [5.41, 5.74) is 1.22. The first kappa shape index (κ1) is 21.0. The molecule has 1 aromatic carbocycles. The minimum Gasteiger partial charge on any atom is -0.482 e. The summed E-state index contributed by atoms with van der Waals surface area (Å²) >= 11 is 6.15. The van der Waals surface area contributed by atoms with Crippen LogP contribution in [0.1, 0.15) is 38.7 Å². The number of hydrogen-bond donors (Lipinski definition) is 0. The van der Waals surface area contributed by atoms with Gasteiger partial charge < -0.3 is 14.2 Å². The first-order valence-electron chi connectivity index (χ1n) is 8.82. The molecule has 2 unspecified atom stereocenters. The lowest BCUT2D eigenvalue weighted by atomic mass is 9.74. The smallest absolute Gasteiger partial charge is 0.344 e. The Hall–Kier alpha value is -2.34. The Morgan fingerprint density at radius 3 is 2.56 bits per heavy atom. The molecule has 1 aliphatic rings. The molecule has 2 rings (SSSR count). The molecule has 0 spiro atoms. The van der Waals surface area contributed by atoms with Gasteiger partial charge in [0, 0.05) is 22.9 Å². The van der Waals surface area contributed by atoms with Crippen LogP contribution >= 0.6 is 11.6 Å². The average molecular weight is 395 g/mol. The van der Waals surface area contributed by atoms with Crippen molar-refractivity contribution in [2.24, 2.45) is 5.92 Å². The maximum absolute atomic E-state index is 12.5. The molecular weight excluding hydrogens is 372 g/mol. The zero-order valence-electron chi connectivity index (χ0n) is 15.6. The van der Waals surface area contributed by atoms with Gasteiger partial charge in [0.1, 0.15) is 5.75 Å². The van der Waals surface area contributed by atoms with Gasteiger partial charge in [0.05, 0.1) is 19.1 Å². The van der Waals surface area contributed by atoms with E-state index in [2.05, 4.69) is 0 Å². The molecular formula is C20H23ClO6. The van der Waals surface area contributed by atoms with Crippen molar-refractivity contribution in [1.82, 2.24) is 0 Å². The Bertz CT molecular complexity index is 755. The monoisotopic (exact) mass is 394 g/mol. The molecule has 0 amide bonds. The van der Waals surface area contributed by atoms with Crippen molar-refractivity contribution in [3.63, 3.8) is 0 Å². The fraction of sp³-hybridized carbons (Fsp3) is 0.450. The highest BCUT2D eigenvalue weighted by Gasteiger charge is 2.38. The van der Waals surface area contributed by atoms with Crippen LogP contribution in [0.3, 0.4) is 0 Å². The molecule has 0 bridgehead atoms. The SMILES string of the molecule is CCOC(=O)COc1ccc(Cl)cc1C1CC(=O)C=C(C)C1C(=O)OCC. The van der Waals surface area contributed by atoms with Gasteiger partial charge in [0.15, 0.2) is 12.4 Å². The van der Waals surface area contributed by atoms with Crippen molar-refractivity contribution in [2.45, 2.75) is 33.1 Å². The van der Waals surface area contributed by atoms with Crippen molar-refractivity contribution in [3.05, 3.63) is 40.4 Å². The molecule has 1 aromatic rings. The zero-order valence-corrected chi connectivity index (χ0v) is 16.4. The number of rotatable bonds is 7. The van der Waals surface area contributed by atoms with E-state index >= 15 is 0 Å². The summed E-state index contributed by atoms with van der Waals surface area (Å²) in [5, 5.41) is 0.441. The van der Waals surface area contributed by atoms with E-state index in [1.54, 1.807) is 39.0 Å². The number of ketones is 1. The Kier molecular flexibility index (Phi) is 7.42. The molecule has 7 heteroatoms. The number of esters is 2. The highest BCUT2D eigenvalue weighted by Crippen LogP contribution is 2.42. The van der Waals surface area contributed by atoms with Gasteiger partial charge in [-0.25, -0.2) is 4.79 Å². The summed E-state index contributed by atoms with van der Waals surface area (Å²) in [7, 11) is 0. The summed E-state index contributed by atoms with van der Waals surface area (Å²) in [4.78, 5) is 36.3. The molecule has 6 nitrogen and oxygen atoms in total. The maximum atomic E-state index is 12.5. The van der Waals surface area contributed by atoms with E-state index in [0.29, 0.717) is 21.9 Å². The number of ether oxygens (including phenoxy) is 3. The molecule has 0 aliphatic heterocycles. The number of carbonyl (C=O) groups excluding carboxylic acids is 3. The summed E-state index contributed by atoms with van der Waals surface area (Å²) < 4.78 is 15.7. The number of benzene rings is 1. The van der Waals surface area contributed by atoms with Gasteiger partial charge in [-0.05, 0) is 45.0 Å². The van der Waals surface area contributed by atoms with Gasteiger partial charge >= 0.3 is 11.9 Å². The standard InChI is InChI=1S/C20H23ClO6/c1-4-25-18(23)11-27-17-7-6-13(21)9-15(17)16-10-14(22)8-12(3)19(16)20(24)26-5-2/h6-9,16,19H,4-5,10-11H2,1-3H3. The van der Waals surface area contributed by atoms with Crippen molar-refractivity contribution in [2.75, 3.05) is 19.8 Å². The topological polar surface area (TPSA) is 78.9 Å². The van der Waals surface area contributed by atoms with Crippen LogP contribution < -0.4 is 4.74 Å². The van der Waals surface area contributed by atoms with Crippen LogP contribution in [0.15, 0.2) is 29.8 Å². The second kappa shape index (κ2) is 9.55. The number of allylic oxidation sites excluding steroid dienone is 1. The predicted octanol–water partition coefficient (Wildman–Crippen LogP) is 3.46. The molecule has 0 saturated heterocycles. The van der Waals surface area contributed by atoms with Crippen LogP contribution in [-0.4, -0.2) is 37.5 Å². The molecule has 0 radical (unpaired) electrons. The number of halogens is 1. The van der Waals surface area contributed by atoms with Gasteiger partial charge in [0.2, 0.25) is 0 Å². The molecule has 1 aliphatic carbocycles. The molecule has 146 valence electrons. The van der Waals surface area contributed by atoms with Crippen LogP contribution in [0.25, 0.3) is 0 Å². The van der Waals surface area contributed by atoms with E-state index in [1.165, 1.54) is 6.08 Å². The van der Waals surface area contributed by atoms with Gasteiger partial charge in [-0.1, -0.05) is 17.2 Å². The third-order valence-corrected chi connectivity index (χ3v) is 4.50. The van der Waals surface area contributed by atoms with Crippen molar-refractivity contribution in [1.29, 1.82) is 0 Å². The van der Waals surface area contributed by atoms with Crippen LogP contribution in [0.2, 0.25) is 5.02 Å². The van der Waals surface area contributed by atoms with E-state index in [-0.39, 0.29) is 32.0 Å². The van der Waals surface area contributed by atoms with Crippen molar-refractivity contribution >= 4 is 29.3 Å². The van der Waals surface area contributed by atoms with Crippen LogP contribution in [0.5, 0.6) is 5.75 Å². The largest absolute Gasteiger partial charge is 0.482 e. The Labute approximate surface area is 163 Å². The van der Waals surface area contributed by atoms with E-state index in [1.807, 2.05) is 0 Å². The lowest BCUT2D eigenvalue weighted by Gasteiger charge is -2.30. The van der Waals surface area contributed by atoms with Crippen LogP contribution in [-0.2, 0) is 23.9 Å². The molecule has 0 saturated carbocycles. The average Bonchev–Trinajstić information content (AvgIpc) is 2.60. The van der Waals surface area contributed by atoms with Crippen LogP contribution in [0.4, 0.5) is 0 Å². The lowest BCUT2D eigenvalue weighted by molar-refractivity contribution is -0.148. The summed E-state index contributed by atoms with van der Waals surface area (Å²) in [6.45, 7) is 5.38. The van der Waals surface area contributed by atoms with E-state index in [9.17, 15) is 14.4 Å². The Balaban J connectivity index is 2.39. The van der Waals surface area contributed by atoms with E-state index in [4.69, 9.17) is 25.8 Å². The molecule has 2 atom stereocenters. The van der Waals surface area contributed by atoms with Gasteiger partial charge in [-0.15, -0.1) is 0 Å². The third kappa shape index (κ3) is 5.32. The highest BCUT2D eigenvalue weighted by molar-refractivity contribution is 6.30. The molecule has 0 heterocycles. The normalized spacial score (nSPS) is 19.3. The maximum Gasteiger partial charge on any atom is 0.344 e. The van der Waals surface area contributed by atoms with E-state index in [0.717, 1.165) is 0 Å². The molecule has 0 fully saturated rings. The fourth-order valence-corrected chi connectivity index (χ4v) is 3.39. The minimum absolute atomic E-state index is 0.0885. The van der Waals surface area contributed by atoms with Crippen molar-refractivity contribution < 1.29 is 28.6 Å². The first-order chi connectivity index (χ1) is 12.9. The summed E-state index contributed by atoms with van der Waals surface area (Å²) in [5.74, 6) is -1.72. The third-order valence-electron chi connectivity index (χ3n) is 4.27. The first-order valence-corrected chi connectivity index (χ1v) is 9.20. The number of hydrogen-bond acceptors (Lipinski definition) is 6. The second-order valence-corrected chi connectivity index (χ2v) is 6.61. The van der Waals surface area contributed by atoms with Gasteiger partial charge in [0.25, 0.3) is 0 Å². The lowest BCUT2D eigenvalue weighted by Crippen LogP contribution is -2.31. The summed E-state index contributed by atoms with van der Waals surface area (Å²) in [6, 6.07) is 4.90. The van der Waals surface area contributed by atoms with Gasteiger partial charge in [-0.3, -0.25) is 9.59 Å². The minimum atomic E-state index is -0.619. The predicted molar refractivity (Wildman–Crippen MR) is 99.8 cm³/mol. The quantitative estimate of drug-likeness (QED) is 0.659. The number of carbonyl (C=O) groups is 3. The molecule has 27 heavy (non-hydrogen) atoms. The van der Waals surface area contributed by atoms with Crippen molar-refractivity contribution in [3.8, 4) is 5.75 Å². The molecule has 0 aromatic heterocycles. The zero-order chi connectivity index (χ0) is 20.0. The van der Waals surface area contributed by atoms with Crippen LogP contribution in [0, 0.1) is 5.92 Å². The Morgan fingerprint density at radius 1 is 1.19 bits per heavy atom. The Morgan fingerprint density at radius 2 is 1.89 bits per heavy atom. The van der Waals surface area contributed by atoms with Gasteiger partial charge in [-0.2, -0.15) is 0 Å². The fourth-order valence-electron chi connectivity index (χ4n) is 3.21. The molecule has 0 N–H and O–H groups in total. The second-order valence-electron chi connectivity index (χ2n) is 6.17. The highest BCUT2D eigenvalue weighted by atomic mass is 35.5. The van der Waals surface area contributed by atoms with E-state index < -0.39 is 23.8 Å².